The minimum Gasteiger partial charge on any atom is -0.379 e. The predicted molar refractivity (Wildman–Crippen MR) is 71.0 cm³/mol. The van der Waals surface area contributed by atoms with Gasteiger partial charge in [0.15, 0.2) is 0 Å². The highest BCUT2D eigenvalue weighted by molar-refractivity contribution is 5.30. The Bertz CT molecular complexity index is 385. The Morgan fingerprint density at radius 3 is 3.00 bits per heavy atom. The summed E-state index contributed by atoms with van der Waals surface area (Å²) in [7, 11) is 0. The maximum absolute atomic E-state index is 8.89. The molecule has 1 aromatic rings. The van der Waals surface area contributed by atoms with E-state index in [0.29, 0.717) is 18.3 Å². The summed E-state index contributed by atoms with van der Waals surface area (Å²) in [6.45, 7) is 6.53. The van der Waals surface area contributed by atoms with Gasteiger partial charge in [0.05, 0.1) is 6.10 Å². The minimum absolute atomic E-state index is 0.312. The van der Waals surface area contributed by atoms with E-state index in [-0.39, 0.29) is 0 Å². The monoisotopic (exact) mass is 247 g/mol. The molecule has 4 heteroatoms. The first kappa shape index (κ1) is 14.6. The molecule has 1 aromatic heterocycles. The molecule has 1 N–H and O–H groups in total. The number of pyridine rings is 1. The van der Waals surface area contributed by atoms with Gasteiger partial charge in [0.2, 0.25) is 0 Å². The fraction of sp³-hybridized carbons (Fsp3) is 0.571. The molecule has 0 atom stereocenters. The van der Waals surface area contributed by atoms with Crippen molar-refractivity contribution >= 4 is 0 Å². The molecule has 0 radical (unpaired) electrons. The third-order valence-corrected chi connectivity index (χ3v) is 2.51. The lowest BCUT2D eigenvalue weighted by Crippen LogP contribution is -2.16. The average molecular weight is 247 g/mol. The molecule has 18 heavy (non-hydrogen) atoms. The Morgan fingerprint density at radius 1 is 1.44 bits per heavy atom. The van der Waals surface area contributed by atoms with Gasteiger partial charge in [-0.25, -0.2) is 4.98 Å². The van der Waals surface area contributed by atoms with Gasteiger partial charge in [0.1, 0.15) is 11.8 Å². The number of unbranched alkanes of at least 4 members (excludes halogenated alkanes) is 1. The number of hydrogen-bond donors (Lipinski definition) is 1. The molecule has 0 saturated carbocycles. The van der Waals surface area contributed by atoms with Crippen LogP contribution in [0.2, 0.25) is 0 Å². The predicted octanol–water partition coefficient (Wildman–Crippen LogP) is 2.25. The highest BCUT2D eigenvalue weighted by atomic mass is 16.5. The van der Waals surface area contributed by atoms with Gasteiger partial charge in [-0.05, 0) is 39.3 Å². The smallest absolute Gasteiger partial charge is 0.144 e. The van der Waals surface area contributed by atoms with Crippen molar-refractivity contribution in [3.63, 3.8) is 0 Å². The summed E-state index contributed by atoms with van der Waals surface area (Å²) in [4.78, 5) is 4.02. The van der Waals surface area contributed by atoms with E-state index >= 15 is 0 Å². The molecule has 4 nitrogen and oxygen atoms in total. The van der Waals surface area contributed by atoms with Crippen LogP contribution in [0.5, 0.6) is 0 Å². The standard InChI is InChI=1S/C14H21N3O/c1-12(2)18-9-4-3-7-16-11-13-6-5-8-17-14(13)10-15/h5-6,8,12,16H,3-4,7,9,11H2,1-2H3. The first-order valence-electron chi connectivity index (χ1n) is 6.40. The summed E-state index contributed by atoms with van der Waals surface area (Å²) in [6, 6.07) is 5.88. The highest BCUT2D eigenvalue weighted by Crippen LogP contribution is 2.03. The second-order valence-corrected chi connectivity index (χ2v) is 4.43. The van der Waals surface area contributed by atoms with E-state index in [0.717, 1.165) is 31.6 Å². The fourth-order valence-electron chi connectivity index (χ4n) is 1.58. The number of aromatic nitrogens is 1. The highest BCUT2D eigenvalue weighted by Gasteiger charge is 2.01. The van der Waals surface area contributed by atoms with Gasteiger partial charge in [-0.1, -0.05) is 6.07 Å². The zero-order chi connectivity index (χ0) is 13.2. The molecule has 0 bridgehead atoms. The van der Waals surface area contributed by atoms with Crippen LogP contribution >= 0.6 is 0 Å². The second-order valence-electron chi connectivity index (χ2n) is 4.43. The molecule has 0 aromatic carbocycles. The first-order chi connectivity index (χ1) is 8.74. The van der Waals surface area contributed by atoms with Crippen LogP contribution in [0.1, 0.15) is 37.9 Å². The normalized spacial score (nSPS) is 10.6. The molecule has 1 heterocycles. The molecule has 1 rings (SSSR count). The van der Waals surface area contributed by atoms with Gasteiger partial charge in [-0.15, -0.1) is 0 Å². The van der Waals surface area contributed by atoms with Gasteiger partial charge in [0, 0.05) is 24.9 Å². The molecule has 0 unspecified atom stereocenters. The fourth-order valence-corrected chi connectivity index (χ4v) is 1.58. The Balaban J connectivity index is 2.13. The van der Waals surface area contributed by atoms with Crippen molar-refractivity contribution in [1.82, 2.24) is 10.3 Å². The largest absolute Gasteiger partial charge is 0.379 e. The van der Waals surface area contributed by atoms with Crippen LogP contribution in [0.15, 0.2) is 18.3 Å². The number of hydrogen-bond acceptors (Lipinski definition) is 4. The summed E-state index contributed by atoms with van der Waals surface area (Å²) in [6.07, 6.45) is 4.09. The van der Waals surface area contributed by atoms with Gasteiger partial charge >= 0.3 is 0 Å². The lowest BCUT2D eigenvalue weighted by molar-refractivity contribution is 0.0760. The summed E-state index contributed by atoms with van der Waals surface area (Å²) in [5, 5.41) is 12.2. The maximum atomic E-state index is 8.89. The number of nitriles is 1. The van der Waals surface area contributed by atoms with E-state index < -0.39 is 0 Å². The van der Waals surface area contributed by atoms with Crippen LogP contribution in [-0.2, 0) is 11.3 Å². The molecular weight excluding hydrogens is 226 g/mol. The topological polar surface area (TPSA) is 57.9 Å². The van der Waals surface area contributed by atoms with Crippen LogP contribution in [0.25, 0.3) is 0 Å². The van der Waals surface area contributed by atoms with E-state index in [1.54, 1.807) is 6.20 Å². The van der Waals surface area contributed by atoms with Crippen molar-refractivity contribution in [1.29, 1.82) is 5.26 Å². The lowest BCUT2D eigenvalue weighted by atomic mass is 10.2. The third-order valence-electron chi connectivity index (χ3n) is 2.51. The average Bonchev–Trinajstić information content (AvgIpc) is 2.37. The summed E-state index contributed by atoms with van der Waals surface area (Å²) < 4.78 is 5.46. The maximum Gasteiger partial charge on any atom is 0.144 e. The molecule has 0 spiro atoms. The molecule has 0 fully saturated rings. The Kier molecular flexibility index (Phi) is 7.00. The van der Waals surface area contributed by atoms with Crippen molar-refractivity contribution < 1.29 is 4.74 Å². The van der Waals surface area contributed by atoms with E-state index in [9.17, 15) is 0 Å². The minimum atomic E-state index is 0.312. The van der Waals surface area contributed by atoms with Crippen molar-refractivity contribution in [2.24, 2.45) is 0 Å². The zero-order valence-corrected chi connectivity index (χ0v) is 11.1. The summed E-state index contributed by atoms with van der Waals surface area (Å²) in [5.74, 6) is 0. The molecule has 0 aliphatic carbocycles. The SMILES string of the molecule is CC(C)OCCCCNCc1cccnc1C#N. The van der Waals surface area contributed by atoms with Crippen molar-refractivity contribution in [2.45, 2.75) is 39.3 Å². The van der Waals surface area contributed by atoms with Crippen molar-refractivity contribution in [3.8, 4) is 6.07 Å². The number of nitrogens with one attached hydrogen (secondary N) is 1. The van der Waals surface area contributed by atoms with E-state index in [1.165, 1.54) is 0 Å². The van der Waals surface area contributed by atoms with E-state index in [2.05, 4.69) is 16.4 Å². The van der Waals surface area contributed by atoms with Crippen LogP contribution in [0.4, 0.5) is 0 Å². The Morgan fingerprint density at radius 2 is 2.28 bits per heavy atom. The van der Waals surface area contributed by atoms with Gasteiger partial charge in [-0.3, -0.25) is 0 Å². The van der Waals surface area contributed by atoms with Crippen LogP contribution in [0.3, 0.4) is 0 Å². The number of ether oxygens (including phenoxy) is 1. The first-order valence-corrected chi connectivity index (χ1v) is 6.40. The molecule has 0 aliphatic rings. The van der Waals surface area contributed by atoms with Gasteiger partial charge in [-0.2, -0.15) is 5.26 Å². The van der Waals surface area contributed by atoms with Crippen LogP contribution in [0, 0.1) is 11.3 Å². The Hall–Kier alpha value is -1.44. The van der Waals surface area contributed by atoms with E-state index in [4.69, 9.17) is 10.00 Å². The number of rotatable bonds is 8. The van der Waals surface area contributed by atoms with Crippen molar-refractivity contribution in [3.05, 3.63) is 29.6 Å². The molecule has 0 amide bonds. The van der Waals surface area contributed by atoms with Gasteiger partial charge in [0.25, 0.3) is 0 Å². The Labute approximate surface area is 109 Å². The number of nitrogens with zero attached hydrogens (tertiary/aromatic N) is 2. The third kappa shape index (κ3) is 5.76. The molecule has 98 valence electrons. The summed E-state index contributed by atoms with van der Waals surface area (Å²) in [5.41, 5.74) is 1.46. The van der Waals surface area contributed by atoms with Crippen LogP contribution in [-0.4, -0.2) is 24.2 Å². The second kappa shape index (κ2) is 8.62. The summed E-state index contributed by atoms with van der Waals surface area (Å²) >= 11 is 0. The van der Waals surface area contributed by atoms with E-state index in [1.807, 2.05) is 26.0 Å². The molecule has 0 aliphatic heterocycles. The molecule has 0 saturated heterocycles. The lowest BCUT2D eigenvalue weighted by Gasteiger charge is -2.08. The zero-order valence-electron chi connectivity index (χ0n) is 11.1. The van der Waals surface area contributed by atoms with Crippen LogP contribution < -0.4 is 5.32 Å². The van der Waals surface area contributed by atoms with Gasteiger partial charge < -0.3 is 10.1 Å². The van der Waals surface area contributed by atoms with Crippen molar-refractivity contribution in [2.75, 3.05) is 13.2 Å². The quantitative estimate of drug-likeness (QED) is 0.716. The molecular formula is C14H21N3O.